The van der Waals surface area contributed by atoms with E-state index < -0.39 is 0 Å². The minimum atomic E-state index is -0.139. The maximum absolute atomic E-state index is 12.8. The molecule has 0 aliphatic carbocycles. The maximum atomic E-state index is 12.8. The van der Waals surface area contributed by atoms with E-state index >= 15 is 0 Å². The summed E-state index contributed by atoms with van der Waals surface area (Å²) in [6, 6.07) is 1.93. The summed E-state index contributed by atoms with van der Waals surface area (Å²) in [7, 11) is 4.76. The lowest BCUT2D eigenvalue weighted by molar-refractivity contribution is 0.0523. The van der Waals surface area contributed by atoms with Crippen molar-refractivity contribution in [2.75, 3.05) is 27.3 Å². The van der Waals surface area contributed by atoms with E-state index in [1.54, 1.807) is 35.1 Å². The van der Waals surface area contributed by atoms with Crippen molar-refractivity contribution in [3.05, 3.63) is 24.0 Å². The van der Waals surface area contributed by atoms with Gasteiger partial charge in [0.15, 0.2) is 0 Å². The van der Waals surface area contributed by atoms with Gasteiger partial charge in [-0.2, -0.15) is 4.98 Å². The van der Waals surface area contributed by atoms with Crippen LogP contribution in [0.1, 0.15) is 23.2 Å². The molecular formula is C16H21N5O4. The molecule has 1 aliphatic heterocycles. The molecule has 1 fully saturated rings. The van der Waals surface area contributed by atoms with Crippen LogP contribution in [0.3, 0.4) is 0 Å². The van der Waals surface area contributed by atoms with E-state index in [1.165, 1.54) is 14.2 Å². The van der Waals surface area contributed by atoms with E-state index in [0.29, 0.717) is 30.4 Å². The van der Waals surface area contributed by atoms with Crippen LogP contribution in [-0.4, -0.2) is 64.0 Å². The average molecular weight is 347 g/mol. The van der Waals surface area contributed by atoms with Gasteiger partial charge in [-0.1, -0.05) is 0 Å². The smallest absolute Gasteiger partial charge is 0.319 e. The average Bonchev–Trinajstić information content (AvgIpc) is 3.02. The van der Waals surface area contributed by atoms with E-state index in [0.717, 1.165) is 12.8 Å². The fourth-order valence-corrected chi connectivity index (χ4v) is 2.81. The minimum absolute atomic E-state index is 0.112. The number of ether oxygens (including phenoxy) is 3. The van der Waals surface area contributed by atoms with Crippen LogP contribution in [0.15, 0.2) is 18.5 Å². The van der Waals surface area contributed by atoms with Crippen LogP contribution in [0.5, 0.6) is 17.8 Å². The monoisotopic (exact) mass is 347 g/mol. The fraction of sp³-hybridized carbons (Fsp3) is 0.500. The fourth-order valence-electron chi connectivity index (χ4n) is 2.81. The van der Waals surface area contributed by atoms with Gasteiger partial charge in [0, 0.05) is 32.1 Å². The molecule has 3 rings (SSSR count). The highest BCUT2D eigenvalue weighted by atomic mass is 16.5. The van der Waals surface area contributed by atoms with Gasteiger partial charge >= 0.3 is 6.01 Å². The predicted molar refractivity (Wildman–Crippen MR) is 87.9 cm³/mol. The van der Waals surface area contributed by atoms with Crippen LogP contribution in [0.2, 0.25) is 0 Å². The highest BCUT2D eigenvalue weighted by Crippen LogP contribution is 2.22. The molecular weight excluding hydrogens is 326 g/mol. The maximum Gasteiger partial charge on any atom is 0.319 e. The number of likely N-dealkylation sites (tertiary alicyclic amines) is 1. The number of hydrogen-bond acceptors (Lipinski definition) is 7. The molecule has 1 unspecified atom stereocenters. The lowest BCUT2D eigenvalue weighted by atomic mass is 10.1. The molecule has 2 aromatic rings. The van der Waals surface area contributed by atoms with Crippen molar-refractivity contribution >= 4 is 5.91 Å². The number of nitrogens with zero attached hydrogens (tertiary/aromatic N) is 5. The van der Waals surface area contributed by atoms with Crippen molar-refractivity contribution < 1.29 is 19.0 Å². The zero-order valence-corrected chi connectivity index (χ0v) is 14.5. The number of rotatable bonds is 5. The summed E-state index contributed by atoms with van der Waals surface area (Å²) < 4.78 is 17.6. The van der Waals surface area contributed by atoms with Gasteiger partial charge in [0.05, 0.1) is 20.8 Å². The Morgan fingerprint density at radius 1 is 1.32 bits per heavy atom. The minimum Gasteiger partial charge on any atom is -0.479 e. The van der Waals surface area contributed by atoms with Gasteiger partial charge in [-0.3, -0.25) is 9.48 Å². The van der Waals surface area contributed by atoms with Crippen molar-refractivity contribution in [3.8, 4) is 17.8 Å². The second-order valence-electron chi connectivity index (χ2n) is 5.74. The lowest BCUT2D eigenvalue weighted by Crippen LogP contribution is -2.44. The normalized spacial score (nSPS) is 17.2. The molecule has 2 aromatic heterocycles. The first-order valence-corrected chi connectivity index (χ1v) is 8.01. The number of piperidine rings is 1. The third kappa shape index (κ3) is 3.81. The molecule has 9 nitrogen and oxygen atoms in total. The Morgan fingerprint density at radius 3 is 2.92 bits per heavy atom. The van der Waals surface area contributed by atoms with Crippen LogP contribution < -0.4 is 14.2 Å². The summed E-state index contributed by atoms with van der Waals surface area (Å²) in [4.78, 5) is 22.6. The Morgan fingerprint density at radius 2 is 2.16 bits per heavy atom. The Hall–Kier alpha value is -2.84. The van der Waals surface area contributed by atoms with E-state index in [9.17, 15) is 4.79 Å². The third-order valence-electron chi connectivity index (χ3n) is 3.96. The molecule has 0 radical (unpaired) electrons. The van der Waals surface area contributed by atoms with E-state index in [2.05, 4.69) is 15.1 Å². The summed E-state index contributed by atoms with van der Waals surface area (Å²) in [6.45, 7) is 1.15. The molecule has 0 bridgehead atoms. The van der Waals surface area contributed by atoms with Gasteiger partial charge < -0.3 is 19.1 Å². The molecule has 134 valence electrons. The molecule has 1 aliphatic rings. The number of carbonyl (C=O) groups is 1. The van der Waals surface area contributed by atoms with Crippen molar-refractivity contribution in [2.45, 2.75) is 18.9 Å². The van der Waals surface area contributed by atoms with Crippen molar-refractivity contribution in [3.63, 3.8) is 0 Å². The van der Waals surface area contributed by atoms with Gasteiger partial charge in [-0.05, 0) is 12.8 Å². The van der Waals surface area contributed by atoms with Crippen LogP contribution in [-0.2, 0) is 7.05 Å². The standard InChI is InChI=1S/C16H21N5O4/c1-20-10-12(14(19-20)23-2)15(22)21-8-4-5-11(9-21)25-13-6-7-17-16(18-13)24-3/h6-7,10-11H,4-5,8-9H2,1-3H3. The number of aromatic nitrogens is 4. The second kappa shape index (κ2) is 7.37. The SMILES string of the molecule is COc1nccc(OC2CCCN(C(=O)c3cn(C)nc3OC)C2)n1. The third-order valence-corrected chi connectivity index (χ3v) is 3.96. The highest BCUT2D eigenvalue weighted by molar-refractivity contribution is 5.96. The number of carbonyl (C=O) groups excluding carboxylic acids is 1. The van der Waals surface area contributed by atoms with Gasteiger partial charge in [-0.15, -0.1) is 5.10 Å². The summed E-state index contributed by atoms with van der Waals surface area (Å²) in [5.74, 6) is 0.653. The Kier molecular flexibility index (Phi) is 5.01. The van der Waals surface area contributed by atoms with Crippen molar-refractivity contribution in [1.82, 2.24) is 24.6 Å². The number of hydrogen-bond donors (Lipinski definition) is 0. The lowest BCUT2D eigenvalue weighted by Gasteiger charge is -2.32. The Bertz CT molecular complexity index is 748. The zero-order valence-electron chi connectivity index (χ0n) is 14.5. The molecule has 0 spiro atoms. The molecule has 9 heteroatoms. The topological polar surface area (TPSA) is 91.6 Å². The van der Waals surface area contributed by atoms with Crippen LogP contribution in [0.25, 0.3) is 0 Å². The van der Waals surface area contributed by atoms with E-state index in [1.807, 2.05) is 0 Å². The molecule has 1 saturated heterocycles. The predicted octanol–water partition coefficient (Wildman–Crippen LogP) is 0.911. The summed E-state index contributed by atoms with van der Waals surface area (Å²) in [6.07, 6.45) is 4.80. The molecule has 0 saturated carbocycles. The summed E-state index contributed by atoms with van der Waals surface area (Å²) in [5.41, 5.74) is 0.453. The zero-order chi connectivity index (χ0) is 17.8. The van der Waals surface area contributed by atoms with E-state index in [4.69, 9.17) is 14.2 Å². The quantitative estimate of drug-likeness (QED) is 0.794. The first-order chi connectivity index (χ1) is 12.1. The number of amides is 1. The van der Waals surface area contributed by atoms with Crippen LogP contribution >= 0.6 is 0 Å². The Balaban J connectivity index is 1.69. The number of aryl methyl sites for hydroxylation is 1. The second-order valence-corrected chi connectivity index (χ2v) is 5.74. The number of methoxy groups -OCH3 is 2. The van der Waals surface area contributed by atoms with Gasteiger partial charge in [0.2, 0.25) is 11.8 Å². The van der Waals surface area contributed by atoms with Gasteiger partial charge in [-0.25, -0.2) is 4.98 Å². The first-order valence-electron chi connectivity index (χ1n) is 8.01. The molecule has 0 N–H and O–H groups in total. The summed E-state index contributed by atoms with van der Waals surface area (Å²) in [5, 5.41) is 4.14. The van der Waals surface area contributed by atoms with Crippen LogP contribution in [0, 0.1) is 0 Å². The largest absolute Gasteiger partial charge is 0.479 e. The van der Waals surface area contributed by atoms with Gasteiger partial charge in [0.25, 0.3) is 5.91 Å². The Labute approximate surface area is 145 Å². The van der Waals surface area contributed by atoms with Crippen LogP contribution in [0.4, 0.5) is 0 Å². The first kappa shape index (κ1) is 17.0. The van der Waals surface area contributed by atoms with Crippen molar-refractivity contribution in [1.29, 1.82) is 0 Å². The molecule has 1 amide bonds. The molecule has 0 aromatic carbocycles. The highest BCUT2D eigenvalue weighted by Gasteiger charge is 2.29. The van der Waals surface area contributed by atoms with E-state index in [-0.39, 0.29) is 18.0 Å². The molecule has 1 atom stereocenters. The molecule has 25 heavy (non-hydrogen) atoms. The van der Waals surface area contributed by atoms with Crippen molar-refractivity contribution in [2.24, 2.45) is 7.05 Å². The summed E-state index contributed by atoms with van der Waals surface area (Å²) >= 11 is 0. The molecule has 3 heterocycles. The van der Waals surface area contributed by atoms with Gasteiger partial charge in [0.1, 0.15) is 11.7 Å².